The van der Waals surface area contributed by atoms with Gasteiger partial charge in [-0.2, -0.15) is 0 Å². The van der Waals surface area contributed by atoms with Gasteiger partial charge in [0.25, 0.3) is 0 Å². The lowest BCUT2D eigenvalue weighted by molar-refractivity contribution is -0.302. The smallest absolute Gasteiger partial charge is 0.305 e. The summed E-state index contributed by atoms with van der Waals surface area (Å²) < 4.78 is 16.7. The quantitative estimate of drug-likeness (QED) is 0.0195. The van der Waals surface area contributed by atoms with Crippen LogP contribution in [0.25, 0.3) is 0 Å². The van der Waals surface area contributed by atoms with Crippen molar-refractivity contribution in [3.05, 3.63) is 72.9 Å². The minimum absolute atomic E-state index is 0.000508. The van der Waals surface area contributed by atoms with Crippen molar-refractivity contribution in [2.24, 2.45) is 0 Å². The molecule has 0 aromatic carbocycles. The first-order chi connectivity index (χ1) is 44.7. The molecule has 11 heteroatoms. The van der Waals surface area contributed by atoms with Gasteiger partial charge in [-0.25, -0.2) is 0 Å². The van der Waals surface area contributed by atoms with E-state index in [9.17, 15) is 35.1 Å². The molecule has 1 heterocycles. The van der Waals surface area contributed by atoms with Gasteiger partial charge in [0.2, 0.25) is 5.91 Å². The Balaban J connectivity index is 1.89. The van der Waals surface area contributed by atoms with Crippen molar-refractivity contribution in [3.8, 4) is 0 Å². The normalized spacial score (nSPS) is 18.0. The Labute approximate surface area is 560 Å². The third-order valence-corrected chi connectivity index (χ3v) is 18.0. The number of ether oxygens (including phenoxy) is 3. The first kappa shape index (κ1) is 86.1. The molecule has 6 N–H and O–H groups in total. The zero-order valence-electron chi connectivity index (χ0n) is 59.1. The van der Waals surface area contributed by atoms with E-state index in [-0.39, 0.29) is 18.5 Å². The van der Waals surface area contributed by atoms with Crippen molar-refractivity contribution in [1.82, 2.24) is 5.32 Å². The van der Waals surface area contributed by atoms with E-state index in [2.05, 4.69) is 79.9 Å². The topological polar surface area (TPSA) is 175 Å². The molecular formula is C80H145NO10. The number of unbranched alkanes of at least 4 members (excludes halogenated alkanes) is 44. The monoisotopic (exact) mass is 1280 g/mol. The number of allylic oxidation sites excluding steroid dienone is 11. The van der Waals surface area contributed by atoms with E-state index in [1.54, 1.807) is 6.08 Å². The second-order valence-corrected chi connectivity index (χ2v) is 26.7. The molecule has 0 bridgehead atoms. The summed E-state index contributed by atoms with van der Waals surface area (Å²) in [4.78, 5) is 25.1. The van der Waals surface area contributed by atoms with Gasteiger partial charge in [0.15, 0.2) is 6.29 Å². The van der Waals surface area contributed by atoms with Crippen LogP contribution in [0.2, 0.25) is 0 Å². The molecule has 1 aliphatic rings. The largest absolute Gasteiger partial charge is 0.466 e. The summed E-state index contributed by atoms with van der Waals surface area (Å²) in [6, 6.07) is -0.825. The lowest BCUT2D eigenvalue weighted by Gasteiger charge is -2.40. The molecule has 1 aliphatic heterocycles. The van der Waals surface area contributed by atoms with Crippen LogP contribution in [0, 0.1) is 0 Å². The Hall–Kier alpha value is -2.90. The Kier molecular flexibility index (Phi) is 64.8. The van der Waals surface area contributed by atoms with E-state index in [0.717, 1.165) is 70.6 Å². The molecule has 0 aromatic rings. The van der Waals surface area contributed by atoms with Gasteiger partial charge >= 0.3 is 5.97 Å². The zero-order chi connectivity index (χ0) is 65.8. The van der Waals surface area contributed by atoms with Crippen LogP contribution in [0.3, 0.4) is 0 Å². The molecular weight excluding hydrogens is 1130 g/mol. The highest BCUT2D eigenvalue weighted by Crippen LogP contribution is 2.23. The third-order valence-electron chi connectivity index (χ3n) is 18.0. The first-order valence-corrected chi connectivity index (χ1v) is 38.7. The van der Waals surface area contributed by atoms with Gasteiger partial charge in [-0.1, -0.05) is 318 Å². The minimum atomic E-state index is -1.58. The number of esters is 1. The fourth-order valence-electron chi connectivity index (χ4n) is 11.9. The Morgan fingerprint density at radius 1 is 0.407 bits per heavy atom. The molecule has 1 rings (SSSR count). The van der Waals surface area contributed by atoms with Crippen molar-refractivity contribution in [3.63, 3.8) is 0 Å². The van der Waals surface area contributed by atoms with Gasteiger partial charge in [0.05, 0.1) is 32.0 Å². The number of nitrogens with one attached hydrogen (secondary N) is 1. The van der Waals surface area contributed by atoms with Gasteiger partial charge in [-0.3, -0.25) is 9.59 Å². The lowest BCUT2D eigenvalue weighted by Crippen LogP contribution is -2.60. The molecule has 1 amide bonds. The standard InChI is InChI=1S/C80H145NO10/c1-3-5-7-9-11-13-15-16-45-48-52-56-60-64-68-76(85)89-69-65-61-57-53-49-46-43-41-39-37-35-33-31-29-27-25-23-21-19-17-18-20-22-24-26-28-30-32-34-36-38-40-42-44-47-51-55-59-63-67-75(84)81-72(71-90-80-79(88)78(87)77(86)74(70-82)91-80)73(83)66-62-58-54-50-14-12-10-8-6-4-2/h9,11,14-18,21,23,50,62,66,72-74,77-80,82-83,86-88H,3-8,10,12-13,19-20,22,24-49,51-61,63-65,67-71H2,1-2H3,(H,81,84)/b11-9-,16-15-,18-17-,23-21-,50-14+,66-62+. The number of carbonyl (C=O) groups excluding carboxylic acids is 2. The maximum absolute atomic E-state index is 13.0. The van der Waals surface area contributed by atoms with Crippen LogP contribution in [0.4, 0.5) is 0 Å². The van der Waals surface area contributed by atoms with Crippen molar-refractivity contribution in [2.75, 3.05) is 19.8 Å². The Bertz CT molecular complexity index is 1740. The number of carbonyl (C=O) groups is 2. The number of aliphatic hydroxyl groups excluding tert-OH is 5. The van der Waals surface area contributed by atoms with Crippen LogP contribution in [0.5, 0.6) is 0 Å². The molecule has 7 atom stereocenters. The summed E-state index contributed by atoms with van der Waals surface area (Å²) in [6.07, 6.45) is 83.7. The summed E-state index contributed by atoms with van der Waals surface area (Å²) >= 11 is 0. The molecule has 0 radical (unpaired) electrons. The first-order valence-electron chi connectivity index (χ1n) is 38.7. The summed E-state index contributed by atoms with van der Waals surface area (Å²) in [5, 5.41) is 54.4. The molecule has 11 nitrogen and oxygen atoms in total. The second kappa shape index (κ2) is 68.5. The summed E-state index contributed by atoms with van der Waals surface area (Å²) in [5.41, 5.74) is 0. The molecule has 1 fully saturated rings. The fraction of sp³-hybridized carbons (Fsp3) is 0.825. The number of rotatable bonds is 68. The van der Waals surface area contributed by atoms with E-state index in [1.165, 1.54) is 263 Å². The van der Waals surface area contributed by atoms with Gasteiger partial charge in [0, 0.05) is 12.8 Å². The highest BCUT2D eigenvalue weighted by atomic mass is 16.7. The molecule has 1 saturated heterocycles. The van der Waals surface area contributed by atoms with Gasteiger partial charge in [-0.15, -0.1) is 0 Å². The molecule has 0 spiro atoms. The van der Waals surface area contributed by atoms with Crippen molar-refractivity contribution >= 4 is 11.9 Å². The number of hydrogen-bond acceptors (Lipinski definition) is 10. The van der Waals surface area contributed by atoms with Crippen molar-refractivity contribution in [1.29, 1.82) is 0 Å². The predicted octanol–water partition coefficient (Wildman–Crippen LogP) is 20.6. The highest BCUT2D eigenvalue weighted by Gasteiger charge is 2.44. The summed E-state index contributed by atoms with van der Waals surface area (Å²) in [7, 11) is 0. The van der Waals surface area contributed by atoms with Crippen LogP contribution in [-0.2, 0) is 23.8 Å². The van der Waals surface area contributed by atoms with Gasteiger partial charge in [-0.05, 0) is 103 Å². The zero-order valence-corrected chi connectivity index (χ0v) is 59.1. The van der Waals surface area contributed by atoms with E-state index in [0.29, 0.717) is 19.4 Å². The van der Waals surface area contributed by atoms with Gasteiger partial charge < -0.3 is 45.1 Å². The number of aliphatic hydroxyl groups is 5. The average molecular weight is 1280 g/mol. The molecule has 91 heavy (non-hydrogen) atoms. The average Bonchev–Trinajstić information content (AvgIpc) is 1.14. The van der Waals surface area contributed by atoms with Crippen LogP contribution < -0.4 is 5.32 Å². The molecule has 0 saturated carbocycles. The molecule has 530 valence electrons. The molecule has 0 aromatic heterocycles. The SMILES string of the molecule is CCCC/C=C\C/C=C\CCCCCCCC(=O)OCCCCCCCCCCCCCCCCC/C=C\C/C=C\CCCCCCCCCCCCCCCCCCCC(=O)NC(COC1OC(CO)C(O)C(O)C1O)C(O)/C=C/CC/C=C/CCCCCC. The third kappa shape index (κ3) is 57.1. The number of hydrogen-bond donors (Lipinski definition) is 6. The Morgan fingerprint density at radius 2 is 0.758 bits per heavy atom. The summed E-state index contributed by atoms with van der Waals surface area (Å²) in [6.45, 7) is 4.28. The van der Waals surface area contributed by atoms with Crippen LogP contribution in [0.15, 0.2) is 72.9 Å². The molecule has 0 aliphatic carbocycles. The predicted molar refractivity (Wildman–Crippen MR) is 384 cm³/mol. The minimum Gasteiger partial charge on any atom is -0.466 e. The van der Waals surface area contributed by atoms with Crippen molar-refractivity contribution < 1.29 is 49.3 Å². The molecule has 7 unspecified atom stereocenters. The van der Waals surface area contributed by atoms with Gasteiger partial charge in [0.1, 0.15) is 24.4 Å². The lowest BCUT2D eigenvalue weighted by atomic mass is 9.99. The maximum atomic E-state index is 13.0. The fourth-order valence-corrected chi connectivity index (χ4v) is 11.9. The second-order valence-electron chi connectivity index (χ2n) is 26.7. The van der Waals surface area contributed by atoms with E-state index >= 15 is 0 Å². The van der Waals surface area contributed by atoms with Crippen LogP contribution in [0.1, 0.15) is 361 Å². The van der Waals surface area contributed by atoms with Crippen LogP contribution in [-0.4, -0.2) is 100 Å². The van der Waals surface area contributed by atoms with E-state index in [1.807, 2.05) is 6.08 Å². The van der Waals surface area contributed by atoms with Crippen LogP contribution >= 0.6 is 0 Å². The number of amides is 1. The highest BCUT2D eigenvalue weighted by molar-refractivity contribution is 5.76. The van der Waals surface area contributed by atoms with Crippen molar-refractivity contribution in [2.45, 2.75) is 403 Å². The maximum Gasteiger partial charge on any atom is 0.305 e. The Morgan fingerprint density at radius 3 is 1.19 bits per heavy atom. The van der Waals surface area contributed by atoms with E-state index in [4.69, 9.17) is 14.2 Å². The van der Waals surface area contributed by atoms with E-state index < -0.39 is 49.5 Å². The summed E-state index contributed by atoms with van der Waals surface area (Å²) in [5.74, 6) is -0.190.